The summed E-state index contributed by atoms with van der Waals surface area (Å²) < 4.78 is 121. The molecule has 6 aromatic rings. The third-order valence-electron chi connectivity index (χ3n) is 10.4. The number of hydrogen-bond donors (Lipinski definition) is 2. The zero-order valence-electron chi connectivity index (χ0n) is 32.4. The molecule has 5 atom stereocenters. The van der Waals surface area contributed by atoms with Crippen LogP contribution in [-0.2, 0) is 65.3 Å². The molecule has 0 amide bonds. The quantitative estimate of drug-likeness (QED) is 0.0727. The van der Waals surface area contributed by atoms with Crippen LogP contribution in [0.4, 0.5) is 13.2 Å². The molecule has 1 fully saturated rings. The van der Waals surface area contributed by atoms with Crippen LogP contribution in [-0.4, -0.2) is 73.3 Å². The Morgan fingerprint density at radius 1 is 0.705 bits per heavy atom. The molecule has 0 aliphatic carbocycles. The molecule has 1 aromatic heterocycles. The second kappa shape index (κ2) is 18.5. The van der Waals surface area contributed by atoms with Crippen LogP contribution in [0.1, 0.15) is 28.7 Å². The van der Waals surface area contributed by atoms with Gasteiger partial charge < -0.3 is 33.3 Å². The van der Waals surface area contributed by atoms with Crippen molar-refractivity contribution in [3.8, 4) is 5.75 Å². The normalized spacial score (nSPS) is 21.1. The predicted octanol–water partition coefficient (Wildman–Crippen LogP) is 6.88. The number of aliphatic hydroxyl groups excluding tert-OH is 2. The summed E-state index contributed by atoms with van der Waals surface area (Å²) in [6.07, 6.45) is -3.57. The van der Waals surface area contributed by atoms with Crippen molar-refractivity contribution < 1.29 is 63.4 Å². The lowest BCUT2D eigenvalue weighted by Crippen LogP contribution is -2.69. The number of para-hydroxylation sites is 1. The van der Waals surface area contributed by atoms with Crippen LogP contribution in [0, 0.1) is 0 Å². The van der Waals surface area contributed by atoms with Gasteiger partial charge in [0.1, 0.15) is 29.7 Å². The first-order valence-electron chi connectivity index (χ1n) is 19.1. The molecule has 0 bridgehead atoms. The van der Waals surface area contributed by atoms with Crippen LogP contribution >= 0.6 is 0 Å². The Morgan fingerprint density at radius 3 is 1.89 bits per heavy atom. The monoisotopic (exact) mass is 881 g/mol. The highest BCUT2D eigenvalue weighted by Gasteiger charge is 2.58. The van der Waals surface area contributed by atoms with Crippen molar-refractivity contribution in [3.05, 3.63) is 168 Å². The summed E-state index contributed by atoms with van der Waals surface area (Å²) in [5.74, 6) is -0.575. The zero-order valence-corrected chi connectivity index (χ0v) is 34.0. The number of alkyl halides is 3. The number of fused-ring (bicyclic) bond motifs is 1. The first kappa shape index (κ1) is 44.0. The Bertz CT molecular complexity index is 2600. The van der Waals surface area contributed by atoms with E-state index in [0.29, 0.717) is 22.0 Å². The number of aryl methyl sites for hydroxylation is 1. The molecule has 1 aliphatic rings. The van der Waals surface area contributed by atoms with Crippen molar-refractivity contribution in [2.45, 2.75) is 73.3 Å². The molecule has 2 heterocycles. The van der Waals surface area contributed by atoms with E-state index < -0.39 is 68.2 Å². The van der Waals surface area contributed by atoms with Gasteiger partial charge in [-0.05, 0) is 65.4 Å². The summed E-state index contributed by atoms with van der Waals surface area (Å²) in [5, 5.41) is 23.4. The van der Waals surface area contributed by atoms with Crippen molar-refractivity contribution in [3.63, 3.8) is 0 Å². The predicted molar refractivity (Wildman–Crippen MR) is 217 cm³/mol. The molecule has 0 radical (unpaired) electrons. The highest BCUT2D eigenvalue weighted by atomic mass is 32.2. The van der Waals surface area contributed by atoms with E-state index in [4.69, 9.17) is 18.9 Å². The van der Waals surface area contributed by atoms with Gasteiger partial charge >= 0.3 is 15.6 Å². The van der Waals surface area contributed by atoms with E-state index in [1.54, 1.807) is 48.7 Å². The molecule has 12 nitrogen and oxygen atoms in total. The van der Waals surface area contributed by atoms with Gasteiger partial charge in [0.2, 0.25) is 0 Å². The number of halogens is 3. The number of nitrogens with zero attached hydrogens (tertiary/aromatic N) is 1. The lowest BCUT2D eigenvalue weighted by atomic mass is 9.81. The number of aliphatic hydroxyl groups is 2. The highest BCUT2D eigenvalue weighted by Crippen LogP contribution is 2.42. The van der Waals surface area contributed by atoms with E-state index in [1.807, 2.05) is 60.7 Å². The van der Waals surface area contributed by atoms with Crippen molar-refractivity contribution in [2.75, 3.05) is 6.61 Å². The van der Waals surface area contributed by atoms with Crippen molar-refractivity contribution in [2.24, 2.45) is 0 Å². The van der Waals surface area contributed by atoms with Gasteiger partial charge in [0, 0.05) is 11.6 Å². The van der Waals surface area contributed by atoms with E-state index in [-0.39, 0.29) is 37.6 Å². The number of benzene rings is 5. The first-order valence-corrected chi connectivity index (χ1v) is 22.0. The molecule has 61 heavy (non-hydrogen) atoms. The van der Waals surface area contributed by atoms with Crippen molar-refractivity contribution in [1.82, 2.24) is 3.97 Å². The molecule has 322 valence electrons. The van der Waals surface area contributed by atoms with Gasteiger partial charge in [-0.3, -0.25) is 0 Å². The average molecular weight is 882 g/mol. The maximum atomic E-state index is 14.0. The van der Waals surface area contributed by atoms with Crippen LogP contribution in [0.15, 0.2) is 151 Å². The summed E-state index contributed by atoms with van der Waals surface area (Å²) in [6, 6.07) is 38.1. The van der Waals surface area contributed by atoms with E-state index in [2.05, 4.69) is 4.18 Å². The van der Waals surface area contributed by atoms with Crippen LogP contribution in [0.2, 0.25) is 0 Å². The van der Waals surface area contributed by atoms with Crippen molar-refractivity contribution in [1.29, 1.82) is 0 Å². The van der Waals surface area contributed by atoms with Crippen LogP contribution < -0.4 is 4.18 Å². The third kappa shape index (κ3) is 9.69. The summed E-state index contributed by atoms with van der Waals surface area (Å²) >= 11 is 0. The van der Waals surface area contributed by atoms with Gasteiger partial charge in [-0.1, -0.05) is 109 Å². The van der Waals surface area contributed by atoms with E-state index in [0.717, 1.165) is 23.3 Å². The largest absolute Gasteiger partial charge is 0.534 e. The topological polar surface area (TPSA) is 160 Å². The first-order chi connectivity index (χ1) is 29.2. The molecule has 2 N–H and O–H groups in total. The molecule has 0 spiro atoms. The Morgan fingerprint density at radius 2 is 1.26 bits per heavy atom. The minimum Gasteiger partial charge on any atom is -0.394 e. The Balaban J connectivity index is 1.26. The van der Waals surface area contributed by atoms with Gasteiger partial charge in [0.15, 0.2) is 6.29 Å². The minimum atomic E-state index is -5.90. The zero-order chi connectivity index (χ0) is 43.3. The molecular formula is C44H42F3NO11S2. The average Bonchev–Trinajstić information content (AvgIpc) is 3.65. The lowest BCUT2D eigenvalue weighted by molar-refractivity contribution is -0.359. The van der Waals surface area contributed by atoms with Gasteiger partial charge in [-0.25, -0.2) is 12.4 Å². The number of ether oxygens (including phenoxy) is 4. The molecular weight excluding hydrogens is 840 g/mol. The number of aromatic nitrogens is 1. The highest BCUT2D eigenvalue weighted by molar-refractivity contribution is 7.90. The Hall–Kier alpha value is -5.11. The summed E-state index contributed by atoms with van der Waals surface area (Å²) in [6.45, 7) is -0.900. The Kier molecular flexibility index (Phi) is 13.3. The second-order valence-electron chi connectivity index (χ2n) is 14.3. The number of hydrogen-bond acceptors (Lipinski definition) is 11. The van der Waals surface area contributed by atoms with Crippen LogP contribution in [0.5, 0.6) is 5.75 Å². The van der Waals surface area contributed by atoms with Gasteiger partial charge in [0.25, 0.3) is 10.0 Å². The van der Waals surface area contributed by atoms with Gasteiger partial charge in [-0.15, -0.1) is 0 Å². The summed E-state index contributed by atoms with van der Waals surface area (Å²) in [5.41, 5.74) is -4.43. The maximum absolute atomic E-state index is 14.0. The fourth-order valence-electron chi connectivity index (χ4n) is 7.25. The molecule has 1 unspecified atom stereocenters. The molecule has 1 saturated heterocycles. The summed E-state index contributed by atoms with van der Waals surface area (Å²) in [4.78, 5) is 0.0963. The molecule has 5 aromatic carbocycles. The maximum Gasteiger partial charge on any atom is 0.534 e. The molecule has 0 saturated carbocycles. The second-order valence-corrected chi connectivity index (χ2v) is 17.7. The van der Waals surface area contributed by atoms with Gasteiger partial charge in [0.05, 0.1) is 36.8 Å². The smallest absolute Gasteiger partial charge is 0.394 e. The van der Waals surface area contributed by atoms with Crippen LogP contribution in [0.3, 0.4) is 0 Å². The Labute approximate surface area is 350 Å². The van der Waals surface area contributed by atoms with Crippen molar-refractivity contribution >= 4 is 31.0 Å². The van der Waals surface area contributed by atoms with E-state index in [1.165, 1.54) is 28.2 Å². The van der Waals surface area contributed by atoms with Gasteiger partial charge in [-0.2, -0.15) is 21.6 Å². The van der Waals surface area contributed by atoms with E-state index in [9.17, 15) is 40.2 Å². The number of rotatable bonds is 17. The standard InChI is InChI=1S/C44H42F3NO11S2/c45-44(46,47)61(53,54)59-35-22-20-33(21-23-35)28-55-40-39(27-49)58-42(50)43(57-30-32-14-6-2-7-15-32,41(40)56-29-31-12-4-1-5-13-31)25-24-34-26-48(38-19-11-10-18-37(34)38)60(51,52)36-16-8-3-9-17-36/h1-23,26,39-42,49-50H,24-25,27-30H2/t39-,40-,41+,42?,43-/m1/s1. The molecule has 17 heteroatoms. The SMILES string of the molecule is O=S(=O)(c1ccccc1)n1cc(CC[C@]2(OCc3ccccc3)C(O)O[C@H](CO)[C@@H](OCc3ccc(OS(=O)(=O)C(F)(F)F)cc3)[C@@H]2OCc2ccccc2)c2ccccc21. The summed E-state index contributed by atoms with van der Waals surface area (Å²) in [7, 11) is -9.93. The fraction of sp³-hybridized carbons (Fsp3) is 0.273. The van der Waals surface area contributed by atoms with E-state index >= 15 is 0 Å². The molecule has 1 aliphatic heterocycles. The third-order valence-corrected chi connectivity index (χ3v) is 13.0. The molecule has 7 rings (SSSR count). The minimum absolute atomic E-state index is 0.00102. The van der Waals surface area contributed by atoms with Crippen LogP contribution in [0.25, 0.3) is 10.9 Å². The fourth-order valence-corrected chi connectivity index (χ4v) is 9.12. The lowest BCUT2D eigenvalue weighted by Gasteiger charge is -2.52.